The molecule has 1 aromatic heterocycles. The fraction of sp³-hybridized carbons (Fsp3) is 0.800. The van der Waals surface area contributed by atoms with E-state index in [0.29, 0.717) is 11.2 Å². The molecule has 0 aromatic carbocycles. The number of H-pyrrole nitrogens is 1. The highest BCUT2D eigenvalue weighted by Crippen LogP contribution is 2.59. The predicted molar refractivity (Wildman–Crippen MR) is 76.8 cm³/mol. The van der Waals surface area contributed by atoms with Crippen molar-refractivity contribution in [3.05, 3.63) is 5.82 Å². The van der Waals surface area contributed by atoms with E-state index in [9.17, 15) is 0 Å². The van der Waals surface area contributed by atoms with Crippen molar-refractivity contribution in [3.8, 4) is 0 Å². The molecule has 0 unspecified atom stereocenters. The zero-order valence-electron chi connectivity index (χ0n) is 11.7. The van der Waals surface area contributed by atoms with Crippen LogP contribution in [0.2, 0.25) is 0 Å². The standard InChI is InChI=1S/C15H24N4/c1-9-18-13(16)14(19-9)17-8-15-5-10-2-11(6-15)4-12(3-10)7-15/h10-12,17H,2-8,16H2,1H3,(H,18,19). The Bertz CT molecular complexity index is 455. The number of nitrogens with one attached hydrogen (secondary N) is 2. The van der Waals surface area contributed by atoms with Gasteiger partial charge in [0.25, 0.3) is 0 Å². The molecule has 4 nitrogen and oxygen atoms in total. The quantitative estimate of drug-likeness (QED) is 0.782. The topological polar surface area (TPSA) is 66.7 Å². The molecule has 4 saturated carbocycles. The molecule has 0 spiro atoms. The van der Waals surface area contributed by atoms with Crippen LogP contribution in [0.25, 0.3) is 0 Å². The fourth-order valence-electron chi connectivity index (χ4n) is 5.42. The lowest BCUT2D eigenvalue weighted by atomic mass is 9.49. The molecule has 0 radical (unpaired) electrons. The van der Waals surface area contributed by atoms with Gasteiger partial charge < -0.3 is 16.0 Å². The number of aromatic nitrogens is 2. The molecule has 4 fully saturated rings. The highest BCUT2D eigenvalue weighted by atomic mass is 15.1. The third kappa shape index (κ3) is 1.92. The lowest BCUT2D eigenvalue weighted by molar-refractivity contribution is -0.0444. The minimum atomic E-state index is 0.536. The van der Waals surface area contributed by atoms with Gasteiger partial charge in [0.05, 0.1) is 0 Å². The average molecular weight is 260 g/mol. The molecule has 0 amide bonds. The average Bonchev–Trinajstić information content (AvgIpc) is 2.64. The minimum absolute atomic E-state index is 0.536. The summed E-state index contributed by atoms with van der Waals surface area (Å²) in [4.78, 5) is 7.51. The number of hydrogen-bond acceptors (Lipinski definition) is 3. The highest BCUT2D eigenvalue weighted by molar-refractivity contribution is 5.57. The van der Waals surface area contributed by atoms with Crippen LogP contribution >= 0.6 is 0 Å². The number of aromatic amines is 1. The van der Waals surface area contributed by atoms with Crippen LogP contribution in [0.4, 0.5) is 11.6 Å². The molecule has 4 aliphatic rings. The molecular formula is C15H24N4. The normalized spacial score (nSPS) is 39.7. The first kappa shape index (κ1) is 11.6. The monoisotopic (exact) mass is 260 g/mol. The van der Waals surface area contributed by atoms with Gasteiger partial charge in [-0.25, -0.2) is 4.98 Å². The Hall–Kier alpha value is -1.19. The molecule has 0 saturated heterocycles. The number of nitrogen functional groups attached to an aromatic ring is 1. The number of aryl methyl sites for hydroxylation is 1. The van der Waals surface area contributed by atoms with Gasteiger partial charge in [-0.2, -0.15) is 0 Å². The van der Waals surface area contributed by atoms with Crippen LogP contribution < -0.4 is 11.1 Å². The van der Waals surface area contributed by atoms with Crippen molar-refractivity contribution in [1.82, 2.24) is 9.97 Å². The maximum Gasteiger partial charge on any atom is 0.168 e. The number of nitrogens with zero attached hydrogens (tertiary/aromatic N) is 1. The lowest BCUT2D eigenvalue weighted by Gasteiger charge is -2.57. The van der Waals surface area contributed by atoms with Crippen LogP contribution in [0.1, 0.15) is 44.3 Å². The number of rotatable bonds is 3. The van der Waals surface area contributed by atoms with Crippen molar-refractivity contribution in [3.63, 3.8) is 0 Å². The van der Waals surface area contributed by atoms with E-state index >= 15 is 0 Å². The molecule has 4 N–H and O–H groups in total. The van der Waals surface area contributed by atoms with Gasteiger partial charge in [-0.15, -0.1) is 0 Å². The van der Waals surface area contributed by atoms with Crippen LogP contribution in [0.15, 0.2) is 0 Å². The van der Waals surface area contributed by atoms with Gasteiger partial charge in [-0.3, -0.25) is 0 Å². The van der Waals surface area contributed by atoms with Crippen molar-refractivity contribution in [2.75, 3.05) is 17.6 Å². The van der Waals surface area contributed by atoms with E-state index in [-0.39, 0.29) is 0 Å². The lowest BCUT2D eigenvalue weighted by Crippen LogP contribution is -2.49. The summed E-state index contributed by atoms with van der Waals surface area (Å²) in [5, 5.41) is 3.52. The van der Waals surface area contributed by atoms with Gasteiger partial charge in [-0.05, 0) is 68.6 Å². The Labute approximate surface area is 114 Å². The molecule has 4 aliphatic carbocycles. The first-order valence-electron chi connectivity index (χ1n) is 7.68. The predicted octanol–water partition coefficient (Wildman–Crippen LogP) is 2.93. The van der Waals surface area contributed by atoms with Crippen LogP contribution in [-0.4, -0.2) is 16.5 Å². The number of hydrogen-bond donors (Lipinski definition) is 3. The molecule has 19 heavy (non-hydrogen) atoms. The summed E-state index contributed by atoms with van der Waals surface area (Å²) < 4.78 is 0. The molecule has 1 heterocycles. The Kier molecular flexibility index (Phi) is 2.39. The number of anilines is 2. The van der Waals surface area contributed by atoms with Crippen LogP contribution in [0, 0.1) is 30.1 Å². The van der Waals surface area contributed by atoms with Gasteiger partial charge in [-0.1, -0.05) is 0 Å². The molecule has 104 valence electrons. The summed E-state index contributed by atoms with van der Waals surface area (Å²) in [5.41, 5.74) is 6.47. The molecule has 1 aromatic rings. The third-order valence-electron chi connectivity index (χ3n) is 5.65. The van der Waals surface area contributed by atoms with Gasteiger partial charge in [0.1, 0.15) is 11.6 Å². The fourth-order valence-corrected chi connectivity index (χ4v) is 5.42. The Balaban J connectivity index is 1.49. The Morgan fingerprint density at radius 3 is 2.26 bits per heavy atom. The van der Waals surface area contributed by atoms with Gasteiger partial charge >= 0.3 is 0 Å². The number of imidazole rings is 1. The first-order chi connectivity index (χ1) is 9.12. The second-order valence-corrected chi connectivity index (χ2v) is 7.36. The Morgan fingerprint density at radius 1 is 1.21 bits per heavy atom. The smallest absolute Gasteiger partial charge is 0.168 e. The second kappa shape index (κ2) is 3.90. The van der Waals surface area contributed by atoms with Crippen molar-refractivity contribution in [2.24, 2.45) is 23.2 Å². The van der Waals surface area contributed by atoms with Gasteiger partial charge in [0, 0.05) is 6.54 Å². The van der Waals surface area contributed by atoms with Crippen molar-refractivity contribution >= 4 is 11.6 Å². The van der Waals surface area contributed by atoms with Gasteiger partial charge in [0.15, 0.2) is 5.82 Å². The molecule has 0 aliphatic heterocycles. The van der Waals surface area contributed by atoms with Crippen molar-refractivity contribution < 1.29 is 0 Å². The Morgan fingerprint density at radius 2 is 1.79 bits per heavy atom. The van der Waals surface area contributed by atoms with Crippen molar-refractivity contribution in [1.29, 1.82) is 0 Å². The van der Waals surface area contributed by atoms with Crippen molar-refractivity contribution in [2.45, 2.75) is 45.4 Å². The van der Waals surface area contributed by atoms with E-state index in [1.807, 2.05) is 6.92 Å². The van der Waals surface area contributed by atoms with Gasteiger partial charge in [0.2, 0.25) is 0 Å². The van der Waals surface area contributed by atoms with E-state index in [0.717, 1.165) is 35.9 Å². The largest absolute Gasteiger partial charge is 0.382 e. The van der Waals surface area contributed by atoms with Crippen LogP contribution in [0.3, 0.4) is 0 Å². The van der Waals surface area contributed by atoms with E-state index in [2.05, 4.69) is 15.3 Å². The molecule has 0 atom stereocenters. The zero-order valence-corrected chi connectivity index (χ0v) is 11.7. The summed E-state index contributed by atoms with van der Waals surface area (Å²) in [6, 6.07) is 0. The summed E-state index contributed by atoms with van der Waals surface area (Å²) in [5.74, 6) is 5.45. The van der Waals surface area contributed by atoms with E-state index in [1.165, 1.54) is 38.5 Å². The van der Waals surface area contributed by atoms with E-state index in [1.54, 1.807) is 0 Å². The van der Waals surface area contributed by atoms with E-state index < -0.39 is 0 Å². The first-order valence-corrected chi connectivity index (χ1v) is 7.68. The molecule has 4 heteroatoms. The maximum atomic E-state index is 5.94. The highest BCUT2D eigenvalue weighted by Gasteiger charge is 2.50. The zero-order chi connectivity index (χ0) is 13.0. The minimum Gasteiger partial charge on any atom is -0.382 e. The summed E-state index contributed by atoms with van der Waals surface area (Å²) in [6.45, 7) is 3.01. The summed E-state index contributed by atoms with van der Waals surface area (Å²) >= 11 is 0. The maximum absolute atomic E-state index is 5.94. The van der Waals surface area contributed by atoms with Crippen LogP contribution in [0.5, 0.6) is 0 Å². The second-order valence-electron chi connectivity index (χ2n) is 7.36. The summed E-state index contributed by atoms with van der Waals surface area (Å²) in [6.07, 6.45) is 8.79. The molecule has 4 bridgehead atoms. The van der Waals surface area contributed by atoms with E-state index in [4.69, 9.17) is 5.73 Å². The molecule has 5 rings (SSSR count). The third-order valence-corrected chi connectivity index (χ3v) is 5.65. The SMILES string of the molecule is Cc1nc(NCC23CC4CC(CC(C4)C2)C3)c(N)[nH]1. The van der Waals surface area contributed by atoms with Crippen LogP contribution in [-0.2, 0) is 0 Å². The summed E-state index contributed by atoms with van der Waals surface area (Å²) in [7, 11) is 0. The number of nitrogens with two attached hydrogens (primary N) is 1. The molecular weight excluding hydrogens is 236 g/mol.